The van der Waals surface area contributed by atoms with Crippen molar-refractivity contribution < 1.29 is 19.4 Å². The number of nitrogens with one attached hydrogen (secondary N) is 1. The molecule has 2 aromatic rings. The lowest BCUT2D eigenvalue weighted by molar-refractivity contribution is -0.148. The molecule has 6 nitrogen and oxygen atoms in total. The number of methoxy groups -OCH3 is 1. The van der Waals surface area contributed by atoms with Gasteiger partial charge in [0.2, 0.25) is 11.8 Å². The van der Waals surface area contributed by atoms with Gasteiger partial charge in [-0.15, -0.1) is 0 Å². The van der Waals surface area contributed by atoms with E-state index in [1.54, 1.807) is 31.4 Å². The van der Waals surface area contributed by atoms with Crippen LogP contribution in [0.4, 0.5) is 11.4 Å². The Bertz CT molecular complexity index is 837. The van der Waals surface area contributed by atoms with Gasteiger partial charge in [0.15, 0.2) is 5.75 Å². The second-order valence-corrected chi connectivity index (χ2v) is 6.88. The molecule has 0 unspecified atom stereocenters. The number of likely N-dealkylation sites (tertiary alicyclic amines) is 1. The molecule has 0 aliphatic carbocycles. The molecule has 1 fully saturated rings. The molecule has 7 heteroatoms. The fraction of sp³-hybridized carbons (Fsp3) is 0.263. The van der Waals surface area contributed by atoms with E-state index in [0.29, 0.717) is 40.9 Å². The number of piperidine rings is 1. The van der Waals surface area contributed by atoms with Crippen LogP contribution in [0.15, 0.2) is 40.9 Å². The highest BCUT2D eigenvalue weighted by Crippen LogP contribution is 2.36. The largest absolute Gasteiger partial charge is 0.505 e. The zero-order valence-corrected chi connectivity index (χ0v) is 15.9. The number of imide groups is 1. The monoisotopic (exact) mass is 418 g/mol. The van der Waals surface area contributed by atoms with E-state index in [-0.39, 0.29) is 24.1 Å². The van der Waals surface area contributed by atoms with Crippen molar-refractivity contribution in [2.24, 2.45) is 0 Å². The average molecular weight is 419 g/mol. The van der Waals surface area contributed by atoms with Crippen LogP contribution in [0.5, 0.6) is 11.5 Å². The van der Waals surface area contributed by atoms with E-state index in [9.17, 15) is 14.7 Å². The molecule has 0 radical (unpaired) electrons. The van der Waals surface area contributed by atoms with Crippen molar-refractivity contribution in [3.8, 4) is 11.5 Å². The van der Waals surface area contributed by atoms with E-state index in [2.05, 4.69) is 21.2 Å². The molecule has 2 aromatic carbocycles. The first-order chi connectivity index (χ1) is 12.5. The van der Waals surface area contributed by atoms with E-state index in [1.807, 2.05) is 12.1 Å². The number of carbonyl (C=O) groups excluding carboxylic acids is 2. The topological polar surface area (TPSA) is 78.9 Å². The maximum atomic E-state index is 12.0. The molecule has 0 spiro atoms. The third-order valence-corrected chi connectivity index (χ3v) is 4.88. The highest BCUT2D eigenvalue weighted by molar-refractivity contribution is 9.10. The van der Waals surface area contributed by atoms with Gasteiger partial charge >= 0.3 is 0 Å². The summed E-state index contributed by atoms with van der Waals surface area (Å²) in [5.41, 5.74) is 1.95. The highest BCUT2D eigenvalue weighted by atomic mass is 79.9. The Hall–Kier alpha value is -2.54. The number of amides is 2. The van der Waals surface area contributed by atoms with Crippen LogP contribution in [0.25, 0.3) is 0 Å². The van der Waals surface area contributed by atoms with E-state index < -0.39 is 0 Å². The summed E-state index contributed by atoms with van der Waals surface area (Å²) in [5.74, 6) is 0.387. The molecule has 2 amide bonds. The van der Waals surface area contributed by atoms with Crippen LogP contribution in [0.3, 0.4) is 0 Å². The molecule has 1 aliphatic rings. The number of carbonyl (C=O) groups is 2. The molecule has 2 N–H and O–H groups in total. The third kappa shape index (κ3) is 3.83. The van der Waals surface area contributed by atoms with Gasteiger partial charge in [0, 0.05) is 12.8 Å². The third-order valence-electron chi connectivity index (χ3n) is 4.24. The molecular formula is C19H19BrN2O4. The van der Waals surface area contributed by atoms with E-state index in [4.69, 9.17) is 4.74 Å². The maximum absolute atomic E-state index is 12.0. The zero-order valence-electron chi connectivity index (χ0n) is 14.3. The molecule has 0 saturated carbocycles. The van der Waals surface area contributed by atoms with E-state index in [1.165, 1.54) is 4.90 Å². The number of aromatic hydroxyl groups is 1. The Morgan fingerprint density at radius 3 is 2.58 bits per heavy atom. The van der Waals surface area contributed by atoms with Gasteiger partial charge in [-0.2, -0.15) is 0 Å². The van der Waals surface area contributed by atoms with Crippen molar-refractivity contribution in [3.63, 3.8) is 0 Å². The number of benzene rings is 2. The first-order valence-corrected chi connectivity index (χ1v) is 9.03. The Morgan fingerprint density at radius 2 is 1.88 bits per heavy atom. The fourth-order valence-corrected chi connectivity index (χ4v) is 3.24. The molecule has 0 bridgehead atoms. The number of phenols is 1. The summed E-state index contributed by atoms with van der Waals surface area (Å²) in [6, 6.07) is 10.7. The summed E-state index contributed by atoms with van der Waals surface area (Å²) in [5, 5.41) is 13.3. The Labute approximate surface area is 159 Å². The zero-order chi connectivity index (χ0) is 18.7. The number of hydrogen-bond donors (Lipinski definition) is 2. The second kappa shape index (κ2) is 7.78. The molecule has 1 saturated heterocycles. The average Bonchev–Trinajstić information content (AvgIpc) is 2.62. The number of nitrogens with zero attached hydrogens (tertiary/aromatic N) is 1. The van der Waals surface area contributed by atoms with Crippen LogP contribution in [-0.2, 0) is 16.1 Å². The summed E-state index contributed by atoms with van der Waals surface area (Å²) in [6.45, 7) is 0.223. The lowest BCUT2D eigenvalue weighted by Crippen LogP contribution is -2.39. The lowest BCUT2D eigenvalue weighted by Gasteiger charge is -2.25. The summed E-state index contributed by atoms with van der Waals surface area (Å²) in [6.07, 6.45) is 1.42. The Morgan fingerprint density at radius 1 is 1.15 bits per heavy atom. The van der Waals surface area contributed by atoms with Crippen LogP contribution in [0.1, 0.15) is 24.8 Å². The van der Waals surface area contributed by atoms with Gasteiger partial charge < -0.3 is 15.2 Å². The number of rotatable bonds is 5. The molecule has 1 aliphatic heterocycles. The van der Waals surface area contributed by atoms with Gasteiger partial charge in [-0.3, -0.25) is 14.5 Å². The van der Waals surface area contributed by atoms with Crippen LogP contribution in [0, 0.1) is 0 Å². The number of halogens is 1. The molecule has 3 rings (SSSR count). The minimum absolute atomic E-state index is 0.0846. The number of ether oxygens (including phenoxy) is 1. The second-order valence-electron chi connectivity index (χ2n) is 6.02. The van der Waals surface area contributed by atoms with Gasteiger partial charge in [-0.25, -0.2) is 0 Å². The van der Waals surface area contributed by atoms with Gasteiger partial charge in [-0.05, 0) is 52.2 Å². The quantitative estimate of drug-likeness (QED) is 0.567. The highest BCUT2D eigenvalue weighted by Gasteiger charge is 2.26. The normalized spacial score (nSPS) is 14.5. The first kappa shape index (κ1) is 18.3. The minimum atomic E-state index is -0.142. The molecule has 0 atom stereocenters. The predicted octanol–water partition coefficient (Wildman–Crippen LogP) is 3.95. The van der Waals surface area contributed by atoms with Crippen molar-refractivity contribution in [2.75, 3.05) is 12.4 Å². The maximum Gasteiger partial charge on any atom is 0.229 e. The first-order valence-electron chi connectivity index (χ1n) is 8.24. The smallest absolute Gasteiger partial charge is 0.229 e. The predicted molar refractivity (Wildman–Crippen MR) is 101 cm³/mol. The van der Waals surface area contributed by atoms with Gasteiger partial charge in [0.25, 0.3) is 0 Å². The molecule has 1 heterocycles. The van der Waals surface area contributed by atoms with Gasteiger partial charge in [0.05, 0.1) is 29.5 Å². The van der Waals surface area contributed by atoms with Crippen LogP contribution in [-0.4, -0.2) is 28.9 Å². The minimum Gasteiger partial charge on any atom is -0.505 e. The summed E-state index contributed by atoms with van der Waals surface area (Å²) < 4.78 is 5.94. The van der Waals surface area contributed by atoms with Crippen molar-refractivity contribution >= 4 is 39.1 Å². The van der Waals surface area contributed by atoms with Crippen LogP contribution in [0.2, 0.25) is 0 Å². The number of hydrogen-bond acceptors (Lipinski definition) is 5. The lowest BCUT2D eigenvalue weighted by atomic mass is 10.1. The van der Waals surface area contributed by atoms with Crippen molar-refractivity contribution in [1.29, 1.82) is 0 Å². The van der Waals surface area contributed by atoms with Crippen molar-refractivity contribution in [2.45, 2.75) is 25.8 Å². The standard InChI is InChI=1S/C19H19BrN2O4/c1-26-16-9-8-12(11-22-17(23)6-3-7-18(22)24)10-15(16)21-14-5-2-4-13(20)19(14)25/h2,4-5,8-10,21,25H,3,6-7,11H2,1H3. The number of anilines is 2. The van der Waals surface area contributed by atoms with Gasteiger partial charge in [0.1, 0.15) is 5.75 Å². The summed E-state index contributed by atoms with van der Waals surface area (Å²) >= 11 is 3.29. The molecular weight excluding hydrogens is 400 g/mol. The Kier molecular flexibility index (Phi) is 5.46. The van der Waals surface area contributed by atoms with Crippen molar-refractivity contribution in [3.05, 3.63) is 46.4 Å². The number of para-hydroxylation sites is 1. The van der Waals surface area contributed by atoms with Crippen LogP contribution < -0.4 is 10.1 Å². The van der Waals surface area contributed by atoms with Crippen LogP contribution >= 0.6 is 15.9 Å². The van der Waals surface area contributed by atoms with E-state index in [0.717, 1.165) is 5.56 Å². The van der Waals surface area contributed by atoms with Crippen molar-refractivity contribution in [1.82, 2.24) is 4.90 Å². The molecule has 0 aromatic heterocycles. The van der Waals surface area contributed by atoms with E-state index >= 15 is 0 Å². The van der Waals surface area contributed by atoms with Gasteiger partial charge in [-0.1, -0.05) is 12.1 Å². The molecule has 26 heavy (non-hydrogen) atoms. The molecule has 136 valence electrons. The summed E-state index contributed by atoms with van der Waals surface area (Å²) in [4.78, 5) is 25.3. The fourth-order valence-electron chi connectivity index (χ4n) is 2.87. The summed E-state index contributed by atoms with van der Waals surface area (Å²) in [7, 11) is 1.55. The number of phenolic OH excluding ortho intramolecular Hbond substituents is 1. The SMILES string of the molecule is COc1ccc(CN2C(=O)CCCC2=O)cc1Nc1cccc(Br)c1O. The Balaban J connectivity index is 1.88.